The molecule has 0 spiro atoms. The molecule has 4 heteroatoms. The van der Waals surface area contributed by atoms with Gasteiger partial charge in [-0.15, -0.1) is 0 Å². The van der Waals surface area contributed by atoms with Crippen molar-refractivity contribution in [3.05, 3.63) is 90.5 Å². The average molecular weight is 509 g/mol. The molecule has 6 rings (SSSR count). The van der Waals surface area contributed by atoms with E-state index < -0.39 is 0 Å². The van der Waals surface area contributed by atoms with Crippen molar-refractivity contribution in [3.63, 3.8) is 0 Å². The molecule has 1 aliphatic heterocycles. The summed E-state index contributed by atoms with van der Waals surface area (Å²) in [5.74, 6) is 0.881. The van der Waals surface area contributed by atoms with Gasteiger partial charge in [0, 0.05) is 30.1 Å². The van der Waals surface area contributed by atoms with Gasteiger partial charge in [0.05, 0.1) is 0 Å². The fourth-order valence-corrected chi connectivity index (χ4v) is 6.85. The number of benzene rings is 4. The van der Waals surface area contributed by atoms with Gasteiger partial charge in [0.2, 0.25) is 0 Å². The Morgan fingerprint density at radius 1 is 0.784 bits per heavy atom. The van der Waals surface area contributed by atoms with Crippen LogP contribution in [0.25, 0.3) is 21.5 Å². The smallest absolute Gasteiger partial charge is 0.174 e. The Hall–Kier alpha value is -2.95. The van der Waals surface area contributed by atoms with Crippen LogP contribution in [0.15, 0.2) is 84.9 Å². The van der Waals surface area contributed by atoms with Gasteiger partial charge < -0.3 is 9.64 Å². The van der Waals surface area contributed by atoms with E-state index in [4.69, 9.17) is 17.0 Å². The van der Waals surface area contributed by atoms with Crippen LogP contribution in [0.2, 0.25) is 0 Å². The predicted octanol–water partition coefficient (Wildman–Crippen LogP) is 7.78. The van der Waals surface area contributed by atoms with Crippen LogP contribution in [-0.2, 0) is 0 Å². The van der Waals surface area contributed by atoms with Gasteiger partial charge >= 0.3 is 0 Å². The fourth-order valence-electron chi connectivity index (χ4n) is 6.54. The highest BCUT2D eigenvalue weighted by Crippen LogP contribution is 2.36. The first-order valence-corrected chi connectivity index (χ1v) is 14.2. The van der Waals surface area contributed by atoms with E-state index in [1.807, 2.05) is 0 Å². The number of likely N-dealkylation sites (N-methyl/N-ethyl adjacent to an activating group) is 1. The van der Waals surface area contributed by atoms with E-state index in [1.165, 1.54) is 67.8 Å². The third-order valence-electron chi connectivity index (χ3n) is 8.47. The number of hydrogen-bond acceptors (Lipinski definition) is 3. The molecule has 1 saturated carbocycles. The molecule has 0 radical (unpaired) electrons. The number of hydrogen-bond donors (Lipinski definition) is 0. The predicted molar refractivity (Wildman–Crippen MR) is 158 cm³/mol. The zero-order valence-corrected chi connectivity index (χ0v) is 22.5. The van der Waals surface area contributed by atoms with E-state index in [2.05, 4.69) is 102 Å². The summed E-state index contributed by atoms with van der Waals surface area (Å²) in [5, 5.41) is 4.71. The quantitative estimate of drug-likeness (QED) is 0.247. The lowest BCUT2D eigenvalue weighted by Gasteiger charge is -2.44. The highest BCUT2D eigenvalue weighted by atomic mass is 32.1. The van der Waals surface area contributed by atoms with E-state index in [1.54, 1.807) is 0 Å². The number of ether oxygens (including phenoxy) is 1. The molecule has 4 aromatic rings. The fraction of sp³-hybridized carbons (Fsp3) is 0.364. The minimum absolute atomic E-state index is 0.349. The second-order valence-electron chi connectivity index (χ2n) is 10.7. The molecule has 37 heavy (non-hydrogen) atoms. The lowest BCUT2D eigenvalue weighted by Crippen LogP contribution is -2.54. The first kappa shape index (κ1) is 24.4. The Morgan fingerprint density at radius 3 is 2.19 bits per heavy atom. The van der Waals surface area contributed by atoms with Crippen LogP contribution >= 0.6 is 12.2 Å². The third-order valence-corrected chi connectivity index (χ3v) is 8.98. The highest BCUT2D eigenvalue weighted by Gasteiger charge is 2.37. The summed E-state index contributed by atoms with van der Waals surface area (Å²) < 4.78 is 6.96. The third kappa shape index (κ3) is 4.85. The van der Waals surface area contributed by atoms with E-state index in [0.29, 0.717) is 12.1 Å². The molecule has 1 saturated heterocycles. The van der Waals surface area contributed by atoms with Crippen molar-refractivity contribution in [2.45, 2.75) is 56.7 Å². The van der Waals surface area contributed by atoms with E-state index >= 15 is 0 Å². The molecule has 0 amide bonds. The second-order valence-corrected chi connectivity index (χ2v) is 11.1. The maximum atomic E-state index is 6.96. The molecule has 4 aromatic carbocycles. The number of thiocarbonyl (C=S) groups is 1. The number of rotatable bonds is 6. The van der Waals surface area contributed by atoms with Crippen molar-refractivity contribution in [1.29, 1.82) is 0 Å². The van der Waals surface area contributed by atoms with Crippen molar-refractivity contribution in [2.24, 2.45) is 0 Å². The summed E-state index contributed by atoms with van der Waals surface area (Å²) in [6, 6.07) is 30.8. The lowest BCUT2D eigenvalue weighted by molar-refractivity contribution is 0.106. The summed E-state index contributed by atoms with van der Waals surface area (Å²) in [6.45, 7) is 2.45. The van der Waals surface area contributed by atoms with Gasteiger partial charge in [-0.3, -0.25) is 4.90 Å². The normalized spacial score (nSPS) is 21.2. The Kier molecular flexibility index (Phi) is 7.12. The van der Waals surface area contributed by atoms with Gasteiger partial charge in [-0.1, -0.05) is 104 Å². The second kappa shape index (κ2) is 10.8. The van der Waals surface area contributed by atoms with Crippen LogP contribution in [0.1, 0.15) is 50.2 Å². The maximum absolute atomic E-state index is 6.96. The minimum Gasteiger partial charge on any atom is -0.478 e. The Balaban J connectivity index is 1.40. The van der Waals surface area contributed by atoms with Crippen molar-refractivity contribution in [3.8, 4) is 5.75 Å². The van der Waals surface area contributed by atoms with Crippen LogP contribution in [0.3, 0.4) is 0 Å². The zero-order chi connectivity index (χ0) is 25.2. The van der Waals surface area contributed by atoms with Gasteiger partial charge in [0.1, 0.15) is 10.7 Å². The van der Waals surface area contributed by atoms with Crippen LogP contribution in [-0.4, -0.2) is 47.0 Å². The summed E-state index contributed by atoms with van der Waals surface area (Å²) >= 11 is 6.36. The highest BCUT2D eigenvalue weighted by molar-refractivity contribution is 7.80. The van der Waals surface area contributed by atoms with Crippen LogP contribution < -0.4 is 4.74 Å². The molecular weight excluding hydrogens is 472 g/mol. The maximum Gasteiger partial charge on any atom is 0.174 e. The molecule has 2 aliphatic rings. The van der Waals surface area contributed by atoms with Crippen molar-refractivity contribution in [2.75, 3.05) is 20.1 Å². The van der Waals surface area contributed by atoms with Gasteiger partial charge in [-0.2, -0.15) is 0 Å². The Labute approximate surface area is 226 Å². The SMILES string of the molecule is CN(C(=S)C(Oc1cccc2ccccc12)c1cccc2ccccc12)[C@@H]1CCCC[C@H]1N1CCCC1. The molecule has 3 atom stereocenters. The minimum atomic E-state index is -0.349. The number of nitrogens with zero attached hydrogens (tertiary/aromatic N) is 2. The first-order chi connectivity index (χ1) is 18.2. The molecule has 0 N–H and O–H groups in total. The molecule has 3 nitrogen and oxygen atoms in total. The number of fused-ring (bicyclic) bond motifs is 2. The molecular formula is C33H36N2OS. The first-order valence-electron chi connectivity index (χ1n) is 13.8. The molecule has 1 heterocycles. The molecule has 190 valence electrons. The van der Waals surface area contributed by atoms with E-state index in [-0.39, 0.29) is 6.10 Å². The van der Waals surface area contributed by atoms with Crippen LogP contribution in [0.4, 0.5) is 0 Å². The molecule has 1 aliphatic carbocycles. The average Bonchev–Trinajstić information content (AvgIpc) is 3.50. The lowest BCUT2D eigenvalue weighted by atomic mass is 9.88. The van der Waals surface area contributed by atoms with Crippen LogP contribution in [0.5, 0.6) is 5.75 Å². The van der Waals surface area contributed by atoms with Gasteiger partial charge in [0.15, 0.2) is 6.10 Å². The van der Waals surface area contributed by atoms with Crippen LogP contribution in [0, 0.1) is 0 Å². The van der Waals surface area contributed by atoms with Gasteiger partial charge in [-0.25, -0.2) is 0 Å². The van der Waals surface area contributed by atoms with Crippen molar-refractivity contribution < 1.29 is 4.74 Å². The Bertz CT molecular complexity index is 1390. The van der Waals surface area contributed by atoms with Gasteiger partial charge in [0.25, 0.3) is 0 Å². The summed E-state index contributed by atoms with van der Waals surface area (Å²) in [6.07, 6.45) is 7.33. The zero-order valence-electron chi connectivity index (χ0n) is 21.7. The van der Waals surface area contributed by atoms with Crippen molar-refractivity contribution in [1.82, 2.24) is 9.80 Å². The molecule has 2 fully saturated rings. The number of likely N-dealkylation sites (tertiary alicyclic amines) is 1. The largest absolute Gasteiger partial charge is 0.478 e. The standard InChI is InChI=1S/C33H36N2OS/c1-34(29-19-6-7-20-30(29)35-22-8-9-23-35)33(37)32(28-18-10-14-24-12-2-4-16-26(24)28)36-31-21-11-15-25-13-3-5-17-27(25)31/h2-5,10-18,21,29-30,32H,6-9,19-20,22-23H2,1H3/t29-,30-,32?/m1/s1. The molecule has 1 unspecified atom stereocenters. The summed E-state index contributed by atoms with van der Waals surface area (Å²) in [4.78, 5) is 6.00. The van der Waals surface area contributed by atoms with E-state index in [0.717, 1.165) is 21.7 Å². The summed E-state index contributed by atoms with van der Waals surface area (Å²) in [5.41, 5.74) is 1.14. The topological polar surface area (TPSA) is 15.7 Å². The molecule has 0 bridgehead atoms. The molecule has 0 aromatic heterocycles. The Morgan fingerprint density at radius 2 is 1.41 bits per heavy atom. The summed E-state index contributed by atoms with van der Waals surface area (Å²) in [7, 11) is 2.21. The van der Waals surface area contributed by atoms with E-state index in [9.17, 15) is 0 Å². The van der Waals surface area contributed by atoms with Gasteiger partial charge in [-0.05, 0) is 61.0 Å². The van der Waals surface area contributed by atoms with Crippen molar-refractivity contribution >= 4 is 38.8 Å². The monoisotopic (exact) mass is 508 g/mol.